The first-order valence-electron chi connectivity index (χ1n) is 8.91. The average molecular weight is 419 g/mol. The Morgan fingerprint density at radius 1 is 1.14 bits per heavy atom. The van der Waals surface area contributed by atoms with Crippen molar-refractivity contribution < 1.29 is 18.0 Å². The van der Waals surface area contributed by atoms with Crippen LogP contribution in [0.1, 0.15) is 24.0 Å². The fourth-order valence-electron chi connectivity index (χ4n) is 2.78. The van der Waals surface area contributed by atoms with Crippen molar-refractivity contribution in [3.8, 4) is 0 Å². The highest BCUT2D eigenvalue weighted by Gasteiger charge is 2.20. The van der Waals surface area contributed by atoms with E-state index in [4.69, 9.17) is 0 Å². The first-order chi connectivity index (χ1) is 13.2. The number of aryl methyl sites for hydroxylation is 2. The molecule has 0 aromatic heterocycles. The largest absolute Gasteiger partial charge is 0.326 e. The van der Waals surface area contributed by atoms with Gasteiger partial charge in [-0.1, -0.05) is 6.07 Å². The van der Waals surface area contributed by atoms with Crippen molar-refractivity contribution in [1.82, 2.24) is 0 Å². The van der Waals surface area contributed by atoms with Crippen LogP contribution in [0.3, 0.4) is 0 Å². The molecule has 1 aliphatic rings. The molecular weight excluding hydrogens is 396 g/mol. The number of thioether (sulfide) groups is 1. The van der Waals surface area contributed by atoms with Gasteiger partial charge in [-0.3, -0.25) is 9.59 Å². The SMILES string of the molecule is Cc1ccc(NC(=O)CCS(=O)(=O)c2ccc3c(c2)NC(=O)CCS3)cc1C. The fraction of sp³-hybridized carbons (Fsp3) is 0.300. The van der Waals surface area contributed by atoms with Gasteiger partial charge in [0.25, 0.3) is 0 Å². The molecular formula is C20H22N2O4S2. The zero-order chi connectivity index (χ0) is 20.3. The molecule has 6 nitrogen and oxygen atoms in total. The second-order valence-corrected chi connectivity index (χ2v) is 9.97. The van der Waals surface area contributed by atoms with Crippen LogP contribution in [0.5, 0.6) is 0 Å². The van der Waals surface area contributed by atoms with Crippen LogP contribution in [0.15, 0.2) is 46.2 Å². The molecule has 1 heterocycles. The van der Waals surface area contributed by atoms with Crippen molar-refractivity contribution in [3.05, 3.63) is 47.5 Å². The molecule has 0 radical (unpaired) electrons. The fourth-order valence-corrected chi connectivity index (χ4v) is 4.98. The van der Waals surface area contributed by atoms with Gasteiger partial charge in [0.2, 0.25) is 11.8 Å². The number of hydrogen-bond acceptors (Lipinski definition) is 5. The minimum Gasteiger partial charge on any atom is -0.326 e. The third-order valence-electron chi connectivity index (χ3n) is 4.56. The number of anilines is 2. The van der Waals surface area contributed by atoms with Crippen molar-refractivity contribution >= 4 is 44.8 Å². The first kappa shape index (κ1) is 20.4. The Labute approximate surface area is 169 Å². The van der Waals surface area contributed by atoms with Gasteiger partial charge in [-0.15, -0.1) is 11.8 Å². The molecule has 2 amide bonds. The number of amides is 2. The van der Waals surface area contributed by atoms with E-state index in [1.165, 1.54) is 23.9 Å². The molecule has 28 heavy (non-hydrogen) atoms. The molecule has 8 heteroatoms. The highest BCUT2D eigenvalue weighted by Crippen LogP contribution is 2.33. The van der Waals surface area contributed by atoms with Gasteiger partial charge in [0.1, 0.15) is 0 Å². The summed E-state index contributed by atoms with van der Waals surface area (Å²) < 4.78 is 25.3. The summed E-state index contributed by atoms with van der Waals surface area (Å²) in [5.74, 6) is -0.133. The van der Waals surface area contributed by atoms with Gasteiger partial charge in [-0.25, -0.2) is 8.42 Å². The summed E-state index contributed by atoms with van der Waals surface area (Å²) in [5, 5.41) is 5.47. The van der Waals surface area contributed by atoms with Crippen molar-refractivity contribution in [2.24, 2.45) is 0 Å². The average Bonchev–Trinajstić information content (AvgIpc) is 2.83. The molecule has 0 bridgehead atoms. The number of rotatable bonds is 5. The number of carbonyl (C=O) groups is 2. The topological polar surface area (TPSA) is 92.3 Å². The number of fused-ring (bicyclic) bond motifs is 1. The van der Waals surface area contributed by atoms with Crippen molar-refractivity contribution in [3.63, 3.8) is 0 Å². The molecule has 2 aromatic carbocycles. The maximum absolute atomic E-state index is 12.6. The third-order valence-corrected chi connectivity index (χ3v) is 7.35. The normalized spacial score (nSPS) is 14.0. The van der Waals surface area contributed by atoms with E-state index in [0.29, 0.717) is 23.5 Å². The maximum atomic E-state index is 12.6. The lowest BCUT2D eigenvalue weighted by atomic mass is 10.1. The lowest BCUT2D eigenvalue weighted by molar-refractivity contribution is -0.116. The Hall–Kier alpha value is -2.32. The molecule has 2 N–H and O–H groups in total. The highest BCUT2D eigenvalue weighted by atomic mass is 32.2. The summed E-state index contributed by atoms with van der Waals surface area (Å²) in [5.41, 5.74) is 3.33. The molecule has 148 valence electrons. The van der Waals surface area contributed by atoms with Crippen LogP contribution in [0.25, 0.3) is 0 Å². The van der Waals surface area contributed by atoms with E-state index in [2.05, 4.69) is 10.6 Å². The van der Waals surface area contributed by atoms with Gasteiger partial charge in [0, 0.05) is 29.2 Å². The lowest BCUT2D eigenvalue weighted by Gasteiger charge is -2.10. The van der Waals surface area contributed by atoms with E-state index in [1.807, 2.05) is 26.0 Å². The summed E-state index contributed by atoms with van der Waals surface area (Å²) in [6.07, 6.45) is 0.244. The number of hydrogen-bond donors (Lipinski definition) is 2. The molecule has 2 aromatic rings. The smallest absolute Gasteiger partial charge is 0.225 e. The lowest BCUT2D eigenvalue weighted by Crippen LogP contribution is -2.18. The highest BCUT2D eigenvalue weighted by molar-refractivity contribution is 7.99. The maximum Gasteiger partial charge on any atom is 0.225 e. The minimum absolute atomic E-state index is 0.105. The van der Waals surface area contributed by atoms with E-state index in [0.717, 1.165) is 16.0 Å². The van der Waals surface area contributed by atoms with Crippen LogP contribution in [0.2, 0.25) is 0 Å². The zero-order valence-electron chi connectivity index (χ0n) is 15.7. The number of sulfone groups is 1. The van der Waals surface area contributed by atoms with Gasteiger partial charge in [0.05, 0.1) is 16.3 Å². The summed E-state index contributed by atoms with van der Waals surface area (Å²) in [7, 11) is -3.65. The predicted molar refractivity (Wildman–Crippen MR) is 112 cm³/mol. The number of benzene rings is 2. The second kappa shape index (κ2) is 8.36. The third kappa shape index (κ3) is 4.94. The summed E-state index contributed by atoms with van der Waals surface area (Å²) in [4.78, 5) is 24.8. The van der Waals surface area contributed by atoms with Crippen molar-refractivity contribution in [2.75, 3.05) is 22.1 Å². The molecule has 0 atom stereocenters. The van der Waals surface area contributed by atoms with Crippen molar-refractivity contribution in [1.29, 1.82) is 0 Å². The standard InChI is InChI=1S/C20H22N2O4S2/c1-13-3-4-15(11-14(13)2)21-20(24)8-10-28(25,26)16-5-6-18-17(12-16)22-19(23)7-9-27-18/h3-6,11-12H,7-10H2,1-2H3,(H,21,24)(H,22,23). The molecule has 0 saturated carbocycles. The van der Waals surface area contributed by atoms with E-state index in [-0.39, 0.29) is 28.9 Å². The van der Waals surface area contributed by atoms with Gasteiger partial charge >= 0.3 is 0 Å². The second-order valence-electron chi connectivity index (χ2n) is 6.72. The van der Waals surface area contributed by atoms with Crippen LogP contribution in [-0.2, 0) is 19.4 Å². The van der Waals surface area contributed by atoms with Crippen LogP contribution in [0, 0.1) is 13.8 Å². The Balaban J connectivity index is 1.67. The molecule has 1 aliphatic heterocycles. The first-order valence-corrected chi connectivity index (χ1v) is 11.5. The van der Waals surface area contributed by atoms with Crippen LogP contribution in [0.4, 0.5) is 11.4 Å². The van der Waals surface area contributed by atoms with Crippen LogP contribution in [-0.4, -0.2) is 31.7 Å². The monoisotopic (exact) mass is 418 g/mol. The number of carbonyl (C=O) groups excluding carboxylic acids is 2. The van der Waals surface area contributed by atoms with Gasteiger partial charge in [-0.05, 0) is 55.3 Å². The molecule has 0 unspecified atom stereocenters. The summed E-state index contributed by atoms with van der Waals surface area (Å²) >= 11 is 1.51. The molecule has 0 fully saturated rings. The summed E-state index contributed by atoms with van der Waals surface area (Å²) in [6.45, 7) is 3.93. The van der Waals surface area contributed by atoms with Crippen LogP contribution < -0.4 is 10.6 Å². The Bertz CT molecular complexity index is 1030. The molecule has 3 rings (SSSR count). The van der Waals surface area contributed by atoms with Gasteiger partial charge in [0.15, 0.2) is 9.84 Å². The molecule has 0 spiro atoms. The summed E-state index contributed by atoms with van der Waals surface area (Å²) in [6, 6.07) is 10.3. The van der Waals surface area contributed by atoms with E-state index in [9.17, 15) is 18.0 Å². The predicted octanol–water partition coefficient (Wildman–Crippen LogP) is 3.54. The zero-order valence-corrected chi connectivity index (χ0v) is 17.4. The van der Waals surface area contributed by atoms with E-state index < -0.39 is 9.84 Å². The molecule has 0 saturated heterocycles. The quantitative estimate of drug-likeness (QED) is 0.775. The van der Waals surface area contributed by atoms with E-state index >= 15 is 0 Å². The van der Waals surface area contributed by atoms with E-state index in [1.54, 1.807) is 12.1 Å². The van der Waals surface area contributed by atoms with Gasteiger partial charge < -0.3 is 10.6 Å². The minimum atomic E-state index is -3.65. The Kier molecular flexibility index (Phi) is 6.10. The van der Waals surface area contributed by atoms with Crippen LogP contribution >= 0.6 is 11.8 Å². The Morgan fingerprint density at radius 3 is 2.68 bits per heavy atom. The number of nitrogens with one attached hydrogen (secondary N) is 2. The van der Waals surface area contributed by atoms with Gasteiger partial charge in [-0.2, -0.15) is 0 Å². The Morgan fingerprint density at radius 2 is 1.93 bits per heavy atom. The van der Waals surface area contributed by atoms with Crippen molar-refractivity contribution in [2.45, 2.75) is 36.5 Å². The molecule has 0 aliphatic carbocycles.